The average molecular weight is 1080 g/mol. The third-order valence-electron chi connectivity index (χ3n) is 18.1. The van der Waals surface area contributed by atoms with Crippen LogP contribution in [-0.2, 0) is 16.2 Å². The minimum absolute atomic E-state index is 0.00396. The van der Waals surface area contributed by atoms with E-state index in [2.05, 4.69) is 314 Å². The molecule has 3 nitrogen and oxygen atoms in total. The van der Waals surface area contributed by atoms with Crippen molar-refractivity contribution in [2.45, 2.75) is 78.6 Å². The first kappa shape index (κ1) is 51.5. The highest BCUT2D eigenvalue weighted by atomic mass is 16.5. The van der Waals surface area contributed by atoms with Crippen molar-refractivity contribution in [2.24, 2.45) is 0 Å². The Hall–Kier alpha value is -9.38. The fraction of sp³-hybridized carbons (Fsp3) is 0.150. The molecule has 3 heterocycles. The normalized spacial score (nSPS) is 13.1. The largest absolute Gasteiger partial charge is 0.458 e. The lowest BCUT2D eigenvalue weighted by Crippen LogP contribution is -2.59. The third kappa shape index (κ3) is 8.24. The predicted molar refractivity (Wildman–Crippen MR) is 359 cm³/mol. The van der Waals surface area contributed by atoms with Crippen molar-refractivity contribution in [3.63, 3.8) is 0 Å². The van der Waals surface area contributed by atoms with Gasteiger partial charge < -0.3 is 14.2 Å². The molecule has 0 unspecified atom stereocenters. The van der Waals surface area contributed by atoms with Crippen LogP contribution < -0.4 is 26.0 Å². The molecule has 13 aromatic rings. The van der Waals surface area contributed by atoms with Crippen LogP contribution in [-0.4, -0.2) is 11.3 Å². The van der Waals surface area contributed by atoms with Gasteiger partial charge in [-0.25, -0.2) is 0 Å². The van der Waals surface area contributed by atoms with Crippen LogP contribution in [0.1, 0.15) is 79.0 Å². The number of rotatable bonds is 6. The molecule has 406 valence electrons. The van der Waals surface area contributed by atoms with Gasteiger partial charge in [-0.1, -0.05) is 250 Å². The smallest absolute Gasteiger partial charge is 0.256 e. The maximum atomic E-state index is 7.58. The molecule has 0 atom stereocenters. The van der Waals surface area contributed by atoms with E-state index in [9.17, 15) is 0 Å². The summed E-state index contributed by atoms with van der Waals surface area (Å²) in [6.45, 7) is 20.7. The first-order valence-electron chi connectivity index (χ1n) is 29.9. The fourth-order valence-corrected chi connectivity index (χ4v) is 13.8. The highest BCUT2D eigenvalue weighted by molar-refractivity contribution is 6.99. The van der Waals surface area contributed by atoms with Crippen LogP contribution in [0.2, 0.25) is 0 Å². The fourth-order valence-electron chi connectivity index (χ4n) is 13.8. The molecular formula is C80H67BN2O. The van der Waals surface area contributed by atoms with Crippen LogP contribution in [0.25, 0.3) is 93.5 Å². The summed E-state index contributed by atoms with van der Waals surface area (Å²) in [6, 6.07) is 91.2. The summed E-state index contributed by atoms with van der Waals surface area (Å²) in [4.78, 5) is 2.62. The van der Waals surface area contributed by atoms with Crippen LogP contribution >= 0.6 is 0 Å². The monoisotopic (exact) mass is 1080 g/mol. The Morgan fingerprint density at radius 2 is 0.810 bits per heavy atom. The van der Waals surface area contributed by atoms with Crippen molar-refractivity contribution in [3.05, 3.63) is 259 Å². The summed E-state index contributed by atoms with van der Waals surface area (Å²) in [5.41, 5.74) is 23.5. The Kier molecular flexibility index (Phi) is 11.7. The van der Waals surface area contributed by atoms with Gasteiger partial charge in [0.05, 0.1) is 16.7 Å². The maximum absolute atomic E-state index is 7.58. The quantitative estimate of drug-likeness (QED) is 0.122. The van der Waals surface area contributed by atoms with Gasteiger partial charge in [-0.05, 0) is 153 Å². The van der Waals surface area contributed by atoms with E-state index in [4.69, 9.17) is 4.74 Å². The molecule has 0 aliphatic carbocycles. The Bertz CT molecular complexity index is 4620. The number of hydrogen-bond acceptors (Lipinski definition) is 2. The number of nitrogens with zero attached hydrogens (tertiary/aromatic N) is 2. The molecule has 12 aromatic carbocycles. The van der Waals surface area contributed by atoms with Crippen LogP contribution in [0.5, 0.6) is 11.5 Å². The molecule has 0 bridgehead atoms. The zero-order chi connectivity index (χ0) is 57.4. The van der Waals surface area contributed by atoms with E-state index >= 15 is 0 Å². The van der Waals surface area contributed by atoms with Gasteiger partial charge in [0.2, 0.25) is 0 Å². The zero-order valence-electron chi connectivity index (χ0n) is 49.5. The van der Waals surface area contributed by atoms with E-state index in [1.165, 1.54) is 87.7 Å². The second-order valence-electron chi connectivity index (χ2n) is 26.5. The molecule has 15 rings (SSSR count). The van der Waals surface area contributed by atoms with Gasteiger partial charge in [0.1, 0.15) is 11.5 Å². The van der Waals surface area contributed by atoms with E-state index in [1.54, 1.807) is 0 Å². The summed E-state index contributed by atoms with van der Waals surface area (Å²) >= 11 is 0. The standard InChI is InChI=1S/C80H67BN2O/c1-78(2,3)54-37-42-68-64(45-54)65-46-55(79(4,5)6)38-43-69(65)82(68)57-39-41-67-72(49-57)84-73-48-56(80(7,8)9)47-71-76(73)81(67)66-40-36-53(75-62-32-21-19-30-60(62)74(52-28-17-12-18-29-52)61-31-20-22-33-63(61)75)44-70(66)83(71)77-58(50-24-13-10-14-25-50)34-23-35-59(77)51-26-15-11-16-27-51/h10-49H,1-9H3. The summed E-state index contributed by atoms with van der Waals surface area (Å²) in [6.07, 6.45) is 0. The second kappa shape index (κ2) is 19.1. The molecule has 2 aliphatic heterocycles. The lowest BCUT2D eigenvalue weighted by molar-refractivity contribution is 0.483. The van der Waals surface area contributed by atoms with Crippen LogP contribution in [0.15, 0.2) is 243 Å². The molecular weight excluding hydrogens is 1020 g/mol. The number of anilines is 3. The maximum Gasteiger partial charge on any atom is 0.256 e. The molecule has 0 saturated carbocycles. The number of hydrogen-bond donors (Lipinski definition) is 0. The van der Waals surface area contributed by atoms with Crippen LogP contribution in [0, 0.1) is 0 Å². The molecule has 0 amide bonds. The van der Waals surface area contributed by atoms with Gasteiger partial charge in [-0.3, -0.25) is 0 Å². The topological polar surface area (TPSA) is 17.4 Å². The van der Waals surface area contributed by atoms with Gasteiger partial charge in [0, 0.05) is 45.0 Å². The molecule has 84 heavy (non-hydrogen) atoms. The summed E-state index contributed by atoms with van der Waals surface area (Å²) < 4.78 is 10.0. The van der Waals surface area contributed by atoms with E-state index in [-0.39, 0.29) is 23.0 Å². The number of aromatic nitrogens is 1. The van der Waals surface area contributed by atoms with Gasteiger partial charge >= 0.3 is 0 Å². The molecule has 2 aliphatic rings. The number of para-hydroxylation sites is 1. The highest BCUT2D eigenvalue weighted by Gasteiger charge is 2.44. The number of fused-ring (bicyclic) bond motifs is 9. The second-order valence-corrected chi connectivity index (χ2v) is 26.5. The van der Waals surface area contributed by atoms with Crippen LogP contribution in [0.3, 0.4) is 0 Å². The van der Waals surface area contributed by atoms with Crippen molar-refractivity contribution in [1.82, 2.24) is 4.57 Å². The third-order valence-corrected chi connectivity index (χ3v) is 18.1. The van der Waals surface area contributed by atoms with E-state index in [0.29, 0.717) is 0 Å². The first-order valence-corrected chi connectivity index (χ1v) is 29.9. The molecule has 0 radical (unpaired) electrons. The molecule has 0 saturated heterocycles. The molecule has 0 spiro atoms. The van der Waals surface area contributed by atoms with Crippen molar-refractivity contribution < 1.29 is 4.74 Å². The van der Waals surface area contributed by atoms with E-state index in [1.807, 2.05) is 0 Å². The Morgan fingerprint density at radius 1 is 0.333 bits per heavy atom. The minimum atomic E-state index is -0.222. The van der Waals surface area contributed by atoms with Gasteiger partial charge in [0.25, 0.3) is 6.71 Å². The van der Waals surface area contributed by atoms with Crippen molar-refractivity contribution in [1.29, 1.82) is 0 Å². The lowest BCUT2D eigenvalue weighted by Gasteiger charge is -2.42. The average Bonchev–Trinajstić information content (AvgIpc) is 1.43. The first-order chi connectivity index (χ1) is 40.6. The van der Waals surface area contributed by atoms with Crippen molar-refractivity contribution in [2.75, 3.05) is 4.90 Å². The lowest BCUT2D eigenvalue weighted by atomic mass is 9.34. The van der Waals surface area contributed by atoms with Gasteiger partial charge in [-0.2, -0.15) is 0 Å². The summed E-state index contributed by atoms with van der Waals surface area (Å²) in [7, 11) is 0. The molecule has 4 heteroatoms. The number of benzene rings is 12. The Labute approximate surface area is 494 Å². The summed E-state index contributed by atoms with van der Waals surface area (Å²) in [5, 5.41) is 7.46. The van der Waals surface area contributed by atoms with Crippen LogP contribution in [0.4, 0.5) is 17.1 Å². The van der Waals surface area contributed by atoms with E-state index < -0.39 is 0 Å². The highest BCUT2D eigenvalue weighted by Crippen LogP contribution is 2.52. The van der Waals surface area contributed by atoms with Gasteiger partial charge in [-0.15, -0.1) is 0 Å². The number of ether oxygens (including phenoxy) is 1. The van der Waals surface area contributed by atoms with Gasteiger partial charge in [0.15, 0.2) is 0 Å². The summed E-state index contributed by atoms with van der Waals surface area (Å²) in [5.74, 6) is 1.77. The Morgan fingerprint density at radius 3 is 1.32 bits per heavy atom. The molecule has 0 N–H and O–H groups in total. The SMILES string of the molecule is CC(C)(C)c1cc2c3c(c1)N(c1c(-c4ccccc4)cccc1-c1ccccc1)c1cc(-c4c5ccccc5c(-c5ccccc5)c5ccccc45)ccc1B3c1ccc(-n3c4ccc(C(C)(C)C)cc4c4cc(C(C)(C)C)ccc43)cc1O2. The predicted octanol–water partition coefficient (Wildman–Crippen LogP) is 20.1. The minimum Gasteiger partial charge on any atom is -0.458 e. The molecule has 1 aromatic heterocycles. The van der Waals surface area contributed by atoms with E-state index in [0.717, 1.165) is 67.5 Å². The van der Waals surface area contributed by atoms with Crippen molar-refractivity contribution in [3.8, 4) is 61.7 Å². The molecule has 0 fully saturated rings. The zero-order valence-corrected chi connectivity index (χ0v) is 49.5. The Balaban J connectivity index is 1.03. The van der Waals surface area contributed by atoms with Crippen molar-refractivity contribution >= 4 is 83.5 Å².